The summed E-state index contributed by atoms with van der Waals surface area (Å²) in [6.07, 6.45) is 3.08. The largest absolute Gasteiger partial charge is 0.435 e. The maximum Gasteiger partial charge on any atom is 0.387 e. The first kappa shape index (κ1) is 18.6. The zero-order chi connectivity index (χ0) is 18.1. The Balaban J connectivity index is 1.75. The summed E-state index contributed by atoms with van der Waals surface area (Å²) >= 11 is 0. The third kappa shape index (κ3) is 6.34. The first-order valence-corrected chi connectivity index (χ1v) is 7.69. The molecule has 2 aromatic rings. The van der Waals surface area contributed by atoms with Gasteiger partial charge in [0, 0.05) is 13.1 Å². The summed E-state index contributed by atoms with van der Waals surface area (Å²) in [7, 11) is 0. The van der Waals surface area contributed by atoms with Gasteiger partial charge in [0.25, 0.3) is 0 Å². The van der Waals surface area contributed by atoms with Gasteiger partial charge in [-0.05, 0) is 35.4 Å². The summed E-state index contributed by atoms with van der Waals surface area (Å²) in [6.45, 7) is -1.98. The third-order valence-electron chi connectivity index (χ3n) is 3.44. The van der Waals surface area contributed by atoms with Gasteiger partial charge >= 0.3 is 6.61 Å². The number of benzene rings is 2. The van der Waals surface area contributed by atoms with Gasteiger partial charge in [-0.1, -0.05) is 36.4 Å². The number of aliphatic hydroxyl groups excluding tert-OH is 1. The fourth-order valence-electron chi connectivity index (χ4n) is 2.16. The lowest BCUT2D eigenvalue weighted by Gasteiger charge is -2.12. The highest BCUT2D eigenvalue weighted by atomic mass is 19.3. The Bertz CT molecular complexity index is 723. The molecule has 0 aliphatic rings. The van der Waals surface area contributed by atoms with Crippen LogP contribution >= 0.6 is 0 Å². The monoisotopic (exact) mass is 344 g/mol. The molecule has 0 bridgehead atoms. The molecule has 4 nitrogen and oxygen atoms in total. The number of rotatable bonds is 8. The summed E-state index contributed by atoms with van der Waals surface area (Å²) in [4.78, 5) is 0. The lowest BCUT2D eigenvalue weighted by atomic mass is 10.1. The molecule has 0 saturated carbocycles. The van der Waals surface area contributed by atoms with E-state index >= 15 is 0 Å². The summed E-state index contributed by atoms with van der Waals surface area (Å²) in [5.41, 5.74) is 2.21. The van der Waals surface area contributed by atoms with Gasteiger partial charge in [-0.25, -0.2) is 0 Å². The molecule has 2 N–H and O–H groups in total. The van der Waals surface area contributed by atoms with Crippen LogP contribution in [0, 0.1) is 11.3 Å². The Hall–Kier alpha value is -2.75. The van der Waals surface area contributed by atoms with Crippen LogP contribution < -0.4 is 10.1 Å². The van der Waals surface area contributed by atoms with Crippen molar-refractivity contribution in [2.24, 2.45) is 0 Å². The standard InChI is InChI=1S/C19H18F2N2O2/c20-19(21)25-17-9-7-16(8-10-17)18(24)13-23-11-1-2-14-3-5-15(12-22)6-4-14/h1-10,18-19,23-24H,11,13H2/b2-1+. The molecule has 1 atom stereocenters. The van der Waals surface area contributed by atoms with E-state index in [1.165, 1.54) is 12.1 Å². The molecule has 0 saturated heterocycles. The second-order valence-electron chi connectivity index (χ2n) is 5.26. The molecule has 0 spiro atoms. The van der Waals surface area contributed by atoms with Crippen molar-refractivity contribution in [2.75, 3.05) is 13.1 Å². The van der Waals surface area contributed by atoms with Crippen LogP contribution in [0.25, 0.3) is 6.08 Å². The van der Waals surface area contributed by atoms with Crippen LogP contribution in [0.5, 0.6) is 5.75 Å². The van der Waals surface area contributed by atoms with Gasteiger partial charge in [0.15, 0.2) is 0 Å². The average Bonchev–Trinajstić information content (AvgIpc) is 2.62. The van der Waals surface area contributed by atoms with Crippen molar-refractivity contribution >= 4 is 6.08 Å². The third-order valence-corrected chi connectivity index (χ3v) is 3.44. The Morgan fingerprint density at radius 3 is 2.40 bits per heavy atom. The molecule has 2 aromatic carbocycles. The van der Waals surface area contributed by atoms with Crippen LogP contribution in [0.1, 0.15) is 22.8 Å². The lowest BCUT2D eigenvalue weighted by Crippen LogP contribution is -2.21. The maximum absolute atomic E-state index is 12.1. The number of halogens is 2. The van der Waals surface area contributed by atoms with E-state index in [1.807, 2.05) is 24.3 Å². The van der Waals surface area contributed by atoms with Gasteiger partial charge in [0.05, 0.1) is 17.7 Å². The molecule has 6 heteroatoms. The van der Waals surface area contributed by atoms with Crippen molar-refractivity contribution in [2.45, 2.75) is 12.7 Å². The second kappa shape index (κ2) is 9.52. The van der Waals surface area contributed by atoms with Crippen LogP contribution in [-0.2, 0) is 0 Å². The number of nitrogens with zero attached hydrogens (tertiary/aromatic N) is 1. The molecule has 2 rings (SSSR count). The predicted molar refractivity (Wildman–Crippen MR) is 91.1 cm³/mol. The highest BCUT2D eigenvalue weighted by Crippen LogP contribution is 2.18. The van der Waals surface area contributed by atoms with Crippen molar-refractivity contribution in [3.63, 3.8) is 0 Å². The Morgan fingerprint density at radius 2 is 1.80 bits per heavy atom. The van der Waals surface area contributed by atoms with Crippen LogP contribution in [0.2, 0.25) is 0 Å². The van der Waals surface area contributed by atoms with Crippen LogP contribution in [0.3, 0.4) is 0 Å². The highest BCUT2D eigenvalue weighted by molar-refractivity contribution is 5.51. The molecular formula is C19H18F2N2O2. The van der Waals surface area contributed by atoms with E-state index in [9.17, 15) is 13.9 Å². The van der Waals surface area contributed by atoms with E-state index < -0.39 is 12.7 Å². The second-order valence-corrected chi connectivity index (χ2v) is 5.26. The van der Waals surface area contributed by atoms with Crippen molar-refractivity contribution in [3.8, 4) is 11.8 Å². The Labute approximate surface area is 145 Å². The zero-order valence-corrected chi connectivity index (χ0v) is 13.4. The minimum absolute atomic E-state index is 0.0595. The fourth-order valence-corrected chi connectivity index (χ4v) is 2.16. The van der Waals surface area contributed by atoms with E-state index in [0.29, 0.717) is 24.2 Å². The average molecular weight is 344 g/mol. The summed E-state index contributed by atoms with van der Waals surface area (Å²) in [5, 5.41) is 21.9. The molecule has 0 aromatic heterocycles. The topological polar surface area (TPSA) is 65.3 Å². The number of aliphatic hydroxyl groups is 1. The Morgan fingerprint density at radius 1 is 1.12 bits per heavy atom. The van der Waals surface area contributed by atoms with E-state index in [0.717, 1.165) is 5.56 Å². The normalized spacial score (nSPS) is 12.3. The molecule has 0 aliphatic heterocycles. The van der Waals surface area contributed by atoms with Crippen molar-refractivity contribution in [3.05, 3.63) is 71.3 Å². The van der Waals surface area contributed by atoms with Gasteiger partial charge in [0.2, 0.25) is 0 Å². The highest BCUT2D eigenvalue weighted by Gasteiger charge is 2.08. The summed E-state index contributed by atoms with van der Waals surface area (Å²) < 4.78 is 28.4. The molecule has 130 valence electrons. The molecule has 0 amide bonds. The van der Waals surface area contributed by atoms with Crippen LogP contribution in [0.15, 0.2) is 54.6 Å². The SMILES string of the molecule is N#Cc1ccc(/C=C/CNCC(O)c2ccc(OC(F)F)cc2)cc1. The van der Waals surface area contributed by atoms with Crippen molar-refractivity contribution in [1.29, 1.82) is 5.26 Å². The molecule has 0 radical (unpaired) electrons. The van der Waals surface area contributed by atoms with Gasteiger partial charge in [-0.15, -0.1) is 0 Å². The first-order chi connectivity index (χ1) is 12.1. The number of ether oxygens (including phenoxy) is 1. The smallest absolute Gasteiger partial charge is 0.387 e. The van der Waals surface area contributed by atoms with Crippen molar-refractivity contribution in [1.82, 2.24) is 5.32 Å². The number of nitriles is 1. The van der Waals surface area contributed by atoms with Crippen LogP contribution in [-0.4, -0.2) is 24.8 Å². The van der Waals surface area contributed by atoms with Gasteiger partial charge in [-0.2, -0.15) is 14.0 Å². The van der Waals surface area contributed by atoms with E-state index in [1.54, 1.807) is 24.3 Å². The van der Waals surface area contributed by atoms with Gasteiger partial charge in [-0.3, -0.25) is 0 Å². The van der Waals surface area contributed by atoms with Crippen LogP contribution in [0.4, 0.5) is 8.78 Å². The minimum atomic E-state index is -2.86. The molecule has 1 unspecified atom stereocenters. The molecule has 25 heavy (non-hydrogen) atoms. The van der Waals surface area contributed by atoms with E-state index in [2.05, 4.69) is 16.1 Å². The molecule has 0 heterocycles. The van der Waals surface area contributed by atoms with Gasteiger partial charge in [0.1, 0.15) is 5.75 Å². The van der Waals surface area contributed by atoms with E-state index in [-0.39, 0.29) is 5.75 Å². The summed E-state index contributed by atoms with van der Waals surface area (Å²) in [6, 6.07) is 15.2. The number of hydrogen-bond donors (Lipinski definition) is 2. The zero-order valence-electron chi connectivity index (χ0n) is 13.4. The van der Waals surface area contributed by atoms with Crippen molar-refractivity contribution < 1.29 is 18.6 Å². The first-order valence-electron chi connectivity index (χ1n) is 7.69. The number of hydrogen-bond acceptors (Lipinski definition) is 4. The quantitative estimate of drug-likeness (QED) is 0.720. The van der Waals surface area contributed by atoms with E-state index in [4.69, 9.17) is 5.26 Å². The molecular weight excluding hydrogens is 326 g/mol. The lowest BCUT2D eigenvalue weighted by molar-refractivity contribution is -0.0498. The maximum atomic E-state index is 12.1. The number of alkyl halides is 2. The predicted octanol–water partition coefficient (Wildman–Crippen LogP) is 3.50. The fraction of sp³-hybridized carbons (Fsp3) is 0.211. The van der Waals surface area contributed by atoms with Gasteiger partial charge < -0.3 is 15.2 Å². The number of nitrogens with one attached hydrogen (secondary N) is 1. The minimum Gasteiger partial charge on any atom is -0.435 e. The Kier molecular flexibility index (Phi) is 7.08. The summed E-state index contributed by atoms with van der Waals surface area (Å²) in [5.74, 6) is 0.0595. The molecule has 0 fully saturated rings. The molecule has 0 aliphatic carbocycles.